The number of rotatable bonds is 5. The second-order valence-electron chi connectivity index (χ2n) is 7.46. The van der Waals surface area contributed by atoms with Crippen molar-refractivity contribution in [3.8, 4) is 0 Å². The lowest BCUT2D eigenvalue weighted by Gasteiger charge is -2.28. The zero-order valence-electron chi connectivity index (χ0n) is 15.9. The monoisotopic (exact) mass is 344 g/mol. The van der Waals surface area contributed by atoms with E-state index < -0.39 is 0 Å². The fourth-order valence-electron chi connectivity index (χ4n) is 3.77. The molecule has 25 heavy (non-hydrogen) atoms. The van der Waals surface area contributed by atoms with Gasteiger partial charge >= 0.3 is 0 Å². The largest absolute Gasteiger partial charge is 0.381 e. The number of anilines is 1. The third-order valence-corrected chi connectivity index (χ3v) is 5.59. The van der Waals surface area contributed by atoms with Gasteiger partial charge in [0.1, 0.15) is 0 Å². The molecule has 0 radical (unpaired) electrons. The van der Waals surface area contributed by atoms with Crippen LogP contribution in [0.4, 0.5) is 5.69 Å². The Bertz CT molecular complexity index is 568. The highest BCUT2D eigenvalue weighted by Crippen LogP contribution is 2.38. The number of para-hydroxylation sites is 1. The van der Waals surface area contributed by atoms with Crippen molar-refractivity contribution in [3.63, 3.8) is 0 Å². The summed E-state index contributed by atoms with van der Waals surface area (Å²) in [6.45, 7) is 10.0. The maximum Gasteiger partial charge on any atom is 0.194 e. The molecule has 0 aliphatic carbocycles. The van der Waals surface area contributed by atoms with Crippen LogP contribution >= 0.6 is 0 Å². The highest BCUT2D eigenvalue weighted by molar-refractivity contribution is 5.80. The van der Waals surface area contributed by atoms with Crippen molar-refractivity contribution >= 4 is 11.6 Å². The summed E-state index contributed by atoms with van der Waals surface area (Å²) in [7, 11) is 2.14. The number of likely N-dealkylation sites (tertiary alicyclic amines) is 1. The van der Waals surface area contributed by atoms with Gasteiger partial charge in [-0.2, -0.15) is 0 Å². The Kier molecular flexibility index (Phi) is 5.84. The van der Waals surface area contributed by atoms with Crippen molar-refractivity contribution in [2.24, 2.45) is 10.4 Å². The maximum absolute atomic E-state index is 5.66. The van der Waals surface area contributed by atoms with E-state index in [-0.39, 0.29) is 0 Å². The quantitative estimate of drug-likeness (QED) is 0.658. The Labute approximate surface area is 152 Å². The first-order valence-electron chi connectivity index (χ1n) is 9.52. The molecule has 3 rings (SSSR count). The molecule has 138 valence electrons. The van der Waals surface area contributed by atoms with Gasteiger partial charge < -0.3 is 19.9 Å². The number of hydrogen-bond donors (Lipinski definition) is 1. The average Bonchev–Trinajstić information content (AvgIpc) is 3.28. The molecule has 1 aromatic rings. The summed E-state index contributed by atoms with van der Waals surface area (Å²) in [5, 5.41) is 3.48. The van der Waals surface area contributed by atoms with Gasteiger partial charge in [0, 0.05) is 50.4 Å². The lowest BCUT2D eigenvalue weighted by Crippen LogP contribution is -2.42. The highest BCUT2D eigenvalue weighted by Gasteiger charge is 2.42. The molecule has 1 N–H and O–H groups in total. The lowest BCUT2D eigenvalue weighted by atomic mass is 9.87. The topological polar surface area (TPSA) is 40.1 Å². The summed E-state index contributed by atoms with van der Waals surface area (Å²) in [5.74, 6) is 1.06. The lowest BCUT2D eigenvalue weighted by molar-refractivity contribution is 0.156. The van der Waals surface area contributed by atoms with E-state index in [1.165, 1.54) is 18.5 Å². The standard InChI is InChI=1S/C20H32N4O/c1-4-21-19(24-12-10-20(15-24)11-13-25-16-20)22-14-17(2)23(3)18-8-6-5-7-9-18/h5-9,17H,4,10-16H2,1-3H3,(H,21,22). The van der Waals surface area contributed by atoms with Gasteiger partial charge in [-0.3, -0.25) is 4.99 Å². The number of guanidine groups is 1. The van der Waals surface area contributed by atoms with E-state index in [0.29, 0.717) is 11.5 Å². The first-order valence-corrected chi connectivity index (χ1v) is 9.52. The summed E-state index contributed by atoms with van der Waals surface area (Å²) in [5.41, 5.74) is 1.60. The molecule has 2 fully saturated rings. The first kappa shape index (κ1) is 18.1. The summed E-state index contributed by atoms with van der Waals surface area (Å²) >= 11 is 0. The summed E-state index contributed by atoms with van der Waals surface area (Å²) < 4.78 is 5.66. The van der Waals surface area contributed by atoms with Gasteiger partial charge in [-0.25, -0.2) is 0 Å². The Balaban J connectivity index is 1.62. The van der Waals surface area contributed by atoms with Gasteiger partial charge in [0.25, 0.3) is 0 Å². The molecule has 0 saturated carbocycles. The normalized spacial score (nSPS) is 24.8. The van der Waals surface area contributed by atoms with Crippen LogP contribution in [0.1, 0.15) is 26.7 Å². The smallest absolute Gasteiger partial charge is 0.194 e. The summed E-state index contributed by atoms with van der Waals surface area (Å²) in [6, 6.07) is 10.9. The minimum atomic E-state index is 0.349. The van der Waals surface area contributed by atoms with Gasteiger partial charge in [0.15, 0.2) is 5.96 Å². The second kappa shape index (κ2) is 8.09. The van der Waals surface area contributed by atoms with E-state index in [0.717, 1.165) is 45.4 Å². The molecule has 1 aromatic carbocycles. The number of likely N-dealkylation sites (N-methyl/N-ethyl adjacent to an activating group) is 1. The van der Waals surface area contributed by atoms with Crippen molar-refractivity contribution < 1.29 is 4.74 Å². The third-order valence-electron chi connectivity index (χ3n) is 5.59. The van der Waals surface area contributed by atoms with Crippen molar-refractivity contribution in [2.45, 2.75) is 32.7 Å². The molecular formula is C20H32N4O. The molecule has 1 spiro atoms. The van der Waals surface area contributed by atoms with Gasteiger partial charge in [-0.15, -0.1) is 0 Å². The van der Waals surface area contributed by atoms with E-state index >= 15 is 0 Å². The fourth-order valence-corrected chi connectivity index (χ4v) is 3.77. The molecule has 2 heterocycles. The number of benzene rings is 1. The van der Waals surface area contributed by atoms with Crippen molar-refractivity contribution in [1.82, 2.24) is 10.2 Å². The number of aliphatic imine (C=N–C) groups is 1. The van der Waals surface area contributed by atoms with Crippen LogP contribution in [0, 0.1) is 5.41 Å². The summed E-state index contributed by atoms with van der Waals surface area (Å²) in [6.07, 6.45) is 2.41. The predicted octanol–water partition coefficient (Wildman–Crippen LogP) is 2.59. The van der Waals surface area contributed by atoms with Crippen LogP contribution in [0.25, 0.3) is 0 Å². The zero-order valence-corrected chi connectivity index (χ0v) is 15.9. The molecule has 5 nitrogen and oxygen atoms in total. The van der Waals surface area contributed by atoms with Gasteiger partial charge in [0.2, 0.25) is 0 Å². The van der Waals surface area contributed by atoms with E-state index in [1.807, 2.05) is 0 Å². The maximum atomic E-state index is 5.66. The minimum Gasteiger partial charge on any atom is -0.381 e. The van der Waals surface area contributed by atoms with E-state index in [1.54, 1.807) is 0 Å². The number of nitrogens with one attached hydrogen (secondary N) is 1. The average molecular weight is 345 g/mol. The molecule has 2 saturated heterocycles. The van der Waals surface area contributed by atoms with Crippen molar-refractivity contribution in [1.29, 1.82) is 0 Å². The zero-order chi connectivity index (χ0) is 17.7. The second-order valence-corrected chi connectivity index (χ2v) is 7.46. The predicted molar refractivity (Wildman–Crippen MR) is 104 cm³/mol. The molecule has 5 heteroatoms. The number of nitrogens with zero attached hydrogens (tertiary/aromatic N) is 3. The van der Waals surface area contributed by atoms with Crippen molar-refractivity contribution in [2.75, 3.05) is 51.3 Å². The Morgan fingerprint density at radius 2 is 2.16 bits per heavy atom. The Morgan fingerprint density at radius 1 is 1.36 bits per heavy atom. The van der Waals surface area contributed by atoms with Crippen LogP contribution < -0.4 is 10.2 Å². The molecule has 0 aromatic heterocycles. The van der Waals surface area contributed by atoms with Crippen LogP contribution in [0.2, 0.25) is 0 Å². The number of hydrogen-bond acceptors (Lipinski definition) is 3. The molecule has 2 atom stereocenters. The van der Waals surface area contributed by atoms with Crippen LogP contribution in [0.3, 0.4) is 0 Å². The molecular weight excluding hydrogens is 312 g/mol. The van der Waals surface area contributed by atoms with Crippen LogP contribution in [0.5, 0.6) is 0 Å². The fraction of sp³-hybridized carbons (Fsp3) is 0.650. The van der Waals surface area contributed by atoms with Gasteiger partial charge in [-0.1, -0.05) is 18.2 Å². The summed E-state index contributed by atoms with van der Waals surface area (Å²) in [4.78, 5) is 9.66. The molecule has 2 aliphatic heterocycles. The minimum absolute atomic E-state index is 0.349. The Morgan fingerprint density at radius 3 is 2.84 bits per heavy atom. The molecule has 2 unspecified atom stereocenters. The Hall–Kier alpha value is -1.75. The van der Waals surface area contributed by atoms with E-state index in [9.17, 15) is 0 Å². The van der Waals surface area contributed by atoms with Gasteiger partial charge in [0.05, 0.1) is 13.2 Å². The van der Waals surface area contributed by atoms with E-state index in [2.05, 4.69) is 66.3 Å². The first-order chi connectivity index (χ1) is 12.1. The SMILES string of the molecule is CCNC(=NCC(C)N(C)c1ccccc1)N1CCC2(CCOC2)C1. The highest BCUT2D eigenvalue weighted by atomic mass is 16.5. The molecule has 2 aliphatic rings. The van der Waals surface area contributed by atoms with Crippen molar-refractivity contribution in [3.05, 3.63) is 30.3 Å². The van der Waals surface area contributed by atoms with Crippen LogP contribution in [-0.4, -0.2) is 63.3 Å². The molecule has 0 amide bonds. The van der Waals surface area contributed by atoms with Crippen LogP contribution in [0.15, 0.2) is 35.3 Å². The number of ether oxygens (including phenoxy) is 1. The third kappa shape index (κ3) is 4.27. The van der Waals surface area contributed by atoms with E-state index in [4.69, 9.17) is 9.73 Å². The van der Waals surface area contributed by atoms with Crippen LogP contribution in [-0.2, 0) is 4.74 Å². The molecule has 0 bridgehead atoms. The van der Waals surface area contributed by atoms with Gasteiger partial charge in [-0.05, 0) is 38.8 Å².